The Morgan fingerprint density at radius 3 is 2.30 bits per heavy atom. The van der Waals surface area contributed by atoms with Crippen molar-refractivity contribution in [2.75, 3.05) is 24.1 Å². The molecule has 0 aromatic heterocycles. The summed E-state index contributed by atoms with van der Waals surface area (Å²) in [5.74, 6) is -0.487. The molecule has 0 radical (unpaired) electrons. The molecule has 0 spiro atoms. The number of ether oxygens (including phenoxy) is 2. The molecule has 37 heavy (non-hydrogen) atoms. The van der Waals surface area contributed by atoms with Crippen LogP contribution >= 0.6 is 0 Å². The number of sulfonamides is 1. The van der Waals surface area contributed by atoms with Crippen molar-refractivity contribution in [3.8, 4) is 11.5 Å². The molecule has 8 nitrogen and oxygen atoms in total. The molecule has 0 unspecified atom stereocenters. The van der Waals surface area contributed by atoms with E-state index in [0.717, 1.165) is 27.6 Å². The number of anilines is 1. The van der Waals surface area contributed by atoms with Crippen LogP contribution in [0.15, 0.2) is 76.7 Å². The van der Waals surface area contributed by atoms with Gasteiger partial charge in [-0.25, -0.2) is 18.2 Å². The molecular formula is C27H28FN3O5S. The maximum atomic E-state index is 13.6. The molecule has 3 aromatic rings. The van der Waals surface area contributed by atoms with Crippen LogP contribution in [-0.4, -0.2) is 40.3 Å². The summed E-state index contributed by atoms with van der Waals surface area (Å²) in [4.78, 5) is 12.6. The van der Waals surface area contributed by atoms with Gasteiger partial charge in [0.25, 0.3) is 15.9 Å². The number of halogens is 1. The summed E-state index contributed by atoms with van der Waals surface area (Å²) in [6.45, 7) is 6.41. The van der Waals surface area contributed by atoms with Gasteiger partial charge in [0.15, 0.2) is 11.5 Å². The molecule has 1 aliphatic rings. The van der Waals surface area contributed by atoms with Crippen molar-refractivity contribution < 1.29 is 27.1 Å². The van der Waals surface area contributed by atoms with Crippen LogP contribution in [0.4, 0.5) is 10.1 Å². The van der Waals surface area contributed by atoms with E-state index in [1.165, 1.54) is 36.5 Å². The van der Waals surface area contributed by atoms with Gasteiger partial charge in [0.2, 0.25) is 0 Å². The van der Waals surface area contributed by atoms with Crippen molar-refractivity contribution in [2.45, 2.75) is 31.1 Å². The van der Waals surface area contributed by atoms with Gasteiger partial charge in [0, 0.05) is 6.07 Å². The highest BCUT2D eigenvalue weighted by Gasteiger charge is 2.29. The predicted molar refractivity (Wildman–Crippen MR) is 139 cm³/mol. The van der Waals surface area contributed by atoms with Crippen LogP contribution in [0.2, 0.25) is 0 Å². The number of hydrogen-bond donors (Lipinski definition) is 1. The van der Waals surface area contributed by atoms with E-state index in [2.05, 4.69) is 31.3 Å². The SMILES string of the molecule is CC(C)(C)c1ccc(C=NNC(=O)CN(c2ccc(F)cc2)S(=O)(=O)c2ccc3c(c2)OCCO3)cc1. The summed E-state index contributed by atoms with van der Waals surface area (Å²) in [6.07, 6.45) is 1.47. The van der Waals surface area contributed by atoms with E-state index < -0.39 is 28.3 Å². The number of nitrogens with zero attached hydrogens (tertiary/aromatic N) is 2. The number of hydrazone groups is 1. The highest BCUT2D eigenvalue weighted by atomic mass is 32.2. The van der Waals surface area contributed by atoms with Crippen LogP contribution in [0.3, 0.4) is 0 Å². The Kier molecular flexibility index (Phi) is 7.49. The second kappa shape index (κ2) is 10.6. The minimum absolute atomic E-state index is 0.0103. The Hall–Kier alpha value is -3.92. The number of hydrogen-bond acceptors (Lipinski definition) is 6. The van der Waals surface area contributed by atoms with Gasteiger partial charge < -0.3 is 9.47 Å². The Bertz CT molecular complexity index is 1400. The van der Waals surface area contributed by atoms with E-state index in [0.29, 0.717) is 12.4 Å². The molecule has 0 aliphatic carbocycles. The molecule has 4 rings (SSSR count). The minimum atomic E-state index is -4.23. The zero-order valence-electron chi connectivity index (χ0n) is 20.8. The van der Waals surface area contributed by atoms with Crippen molar-refractivity contribution in [1.29, 1.82) is 0 Å². The van der Waals surface area contributed by atoms with Crippen LogP contribution in [0.5, 0.6) is 11.5 Å². The number of rotatable bonds is 7. The lowest BCUT2D eigenvalue weighted by Crippen LogP contribution is -2.39. The number of nitrogens with one attached hydrogen (secondary N) is 1. The van der Waals surface area contributed by atoms with Crippen molar-refractivity contribution in [1.82, 2.24) is 5.43 Å². The molecule has 194 valence electrons. The summed E-state index contributed by atoms with van der Waals surface area (Å²) in [5, 5.41) is 3.96. The third kappa shape index (κ3) is 6.26. The summed E-state index contributed by atoms with van der Waals surface area (Å²) in [7, 11) is -4.23. The molecule has 1 heterocycles. The second-order valence-electron chi connectivity index (χ2n) is 9.46. The van der Waals surface area contributed by atoms with Gasteiger partial charge in [-0.05, 0) is 52.9 Å². The van der Waals surface area contributed by atoms with Gasteiger partial charge in [-0.2, -0.15) is 5.10 Å². The monoisotopic (exact) mass is 525 g/mol. The van der Waals surface area contributed by atoms with E-state index in [-0.39, 0.29) is 28.4 Å². The van der Waals surface area contributed by atoms with Crippen LogP contribution in [0, 0.1) is 5.82 Å². The topological polar surface area (TPSA) is 97.3 Å². The highest BCUT2D eigenvalue weighted by molar-refractivity contribution is 7.92. The normalized spacial score (nSPS) is 13.4. The zero-order valence-corrected chi connectivity index (χ0v) is 21.6. The molecular weight excluding hydrogens is 497 g/mol. The van der Waals surface area contributed by atoms with Crippen molar-refractivity contribution in [3.63, 3.8) is 0 Å². The summed E-state index contributed by atoms with van der Waals surface area (Å²) in [6, 6.07) is 16.8. The van der Waals surface area contributed by atoms with E-state index >= 15 is 0 Å². The third-order valence-electron chi connectivity index (χ3n) is 5.68. The first-order chi connectivity index (χ1) is 17.5. The summed E-state index contributed by atoms with van der Waals surface area (Å²) >= 11 is 0. The summed E-state index contributed by atoms with van der Waals surface area (Å²) < 4.78 is 52.5. The lowest BCUT2D eigenvalue weighted by Gasteiger charge is -2.25. The minimum Gasteiger partial charge on any atom is -0.486 e. The van der Waals surface area contributed by atoms with Gasteiger partial charge in [0.1, 0.15) is 25.6 Å². The number of carbonyl (C=O) groups is 1. The largest absolute Gasteiger partial charge is 0.486 e. The first kappa shape index (κ1) is 26.2. The second-order valence-corrected chi connectivity index (χ2v) is 11.3. The van der Waals surface area contributed by atoms with Gasteiger partial charge in [-0.15, -0.1) is 0 Å². The van der Waals surface area contributed by atoms with Crippen LogP contribution < -0.4 is 19.2 Å². The average molecular weight is 526 g/mol. The first-order valence-corrected chi connectivity index (χ1v) is 13.1. The van der Waals surface area contributed by atoms with Gasteiger partial charge in [-0.3, -0.25) is 9.10 Å². The predicted octanol–water partition coefficient (Wildman–Crippen LogP) is 4.24. The van der Waals surface area contributed by atoms with Crippen LogP contribution in [0.1, 0.15) is 31.9 Å². The van der Waals surface area contributed by atoms with Crippen molar-refractivity contribution in [3.05, 3.63) is 83.7 Å². The smallest absolute Gasteiger partial charge is 0.264 e. The molecule has 3 aromatic carbocycles. The fraction of sp³-hybridized carbons (Fsp3) is 0.259. The fourth-order valence-electron chi connectivity index (χ4n) is 3.65. The Balaban J connectivity index is 1.54. The van der Waals surface area contributed by atoms with Gasteiger partial charge in [-0.1, -0.05) is 45.0 Å². The Morgan fingerprint density at radius 1 is 1.00 bits per heavy atom. The number of amides is 1. The molecule has 0 saturated carbocycles. The quantitative estimate of drug-likeness (QED) is 0.368. The van der Waals surface area contributed by atoms with E-state index in [1.807, 2.05) is 24.3 Å². The molecule has 0 bridgehead atoms. The maximum absolute atomic E-state index is 13.6. The first-order valence-electron chi connectivity index (χ1n) is 11.6. The molecule has 10 heteroatoms. The lowest BCUT2D eigenvalue weighted by atomic mass is 9.87. The van der Waals surface area contributed by atoms with Crippen LogP contribution in [-0.2, 0) is 20.2 Å². The molecule has 0 fully saturated rings. The molecule has 0 saturated heterocycles. The Morgan fingerprint density at radius 2 is 1.65 bits per heavy atom. The van der Waals surface area contributed by atoms with E-state index in [4.69, 9.17) is 9.47 Å². The van der Waals surface area contributed by atoms with E-state index in [9.17, 15) is 17.6 Å². The molecule has 1 aliphatic heterocycles. The lowest BCUT2D eigenvalue weighted by molar-refractivity contribution is -0.119. The standard InChI is InChI=1S/C27H28FN3O5S/c1-27(2,3)20-6-4-19(5-7-20)17-29-30-26(32)18-31(22-10-8-21(28)9-11-22)37(33,34)23-12-13-24-25(16-23)36-15-14-35-24/h4-13,16-17H,14-15,18H2,1-3H3,(H,30,32). The zero-order chi connectivity index (χ0) is 26.6. The van der Waals surface area contributed by atoms with Crippen LogP contribution in [0.25, 0.3) is 0 Å². The number of carbonyl (C=O) groups excluding carboxylic acids is 1. The maximum Gasteiger partial charge on any atom is 0.264 e. The van der Waals surface area contributed by atoms with Crippen molar-refractivity contribution in [2.24, 2.45) is 5.10 Å². The average Bonchev–Trinajstić information content (AvgIpc) is 2.87. The molecule has 0 atom stereocenters. The highest BCUT2D eigenvalue weighted by Crippen LogP contribution is 2.34. The Labute approximate surface area is 215 Å². The molecule has 1 N–H and O–H groups in total. The van der Waals surface area contributed by atoms with Gasteiger partial charge >= 0.3 is 0 Å². The fourth-order valence-corrected chi connectivity index (χ4v) is 5.08. The van der Waals surface area contributed by atoms with E-state index in [1.54, 1.807) is 0 Å². The third-order valence-corrected chi connectivity index (χ3v) is 7.45. The number of benzene rings is 3. The van der Waals surface area contributed by atoms with Crippen molar-refractivity contribution >= 4 is 27.8 Å². The van der Waals surface area contributed by atoms with Gasteiger partial charge in [0.05, 0.1) is 16.8 Å². The summed E-state index contributed by atoms with van der Waals surface area (Å²) in [5.41, 5.74) is 4.43. The number of fused-ring (bicyclic) bond motifs is 1. The molecule has 1 amide bonds.